The summed E-state index contributed by atoms with van der Waals surface area (Å²) in [6.45, 7) is 5.02. The summed E-state index contributed by atoms with van der Waals surface area (Å²) in [5.41, 5.74) is 10.1. The fourth-order valence-corrected chi connectivity index (χ4v) is 3.07. The van der Waals surface area contributed by atoms with E-state index in [9.17, 15) is 9.59 Å². The summed E-state index contributed by atoms with van der Waals surface area (Å²) in [7, 11) is 0. The van der Waals surface area contributed by atoms with Crippen LogP contribution in [0.3, 0.4) is 0 Å². The second kappa shape index (κ2) is 7.38. The highest BCUT2D eigenvalue weighted by atomic mass is 16.2. The number of benzene rings is 2. The normalized spacial score (nSPS) is 13.1. The minimum absolute atomic E-state index is 0.226. The molecule has 2 amide bonds. The van der Waals surface area contributed by atoms with Gasteiger partial charge in [0.2, 0.25) is 0 Å². The summed E-state index contributed by atoms with van der Waals surface area (Å²) in [5.74, 6) is -0.538. The highest BCUT2D eigenvalue weighted by Crippen LogP contribution is 2.26. The van der Waals surface area contributed by atoms with Crippen LogP contribution < -0.4 is 15.8 Å². The van der Waals surface area contributed by atoms with Crippen molar-refractivity contribution in [1.29, 1.82) is 0 Å². The lowest BCUT2D eigenvalue weighted by Gasteiger charge is -2.30. The van der Waals surface area contributed by atoms with Crippen LogP contribution in [0.2, 0.25) is 0 Å². The van der Waals surface area contributed by atoms with Crippen LogP contribution in [0.15, 0.2) is 42.5 Å². The monoisotopic (exact) mass is 337 g/mol. The van der Waals surface area contributed by atoms with Crippen LogP contribution in [-0.2, 0) is 11.2 Å². The summed E-state index contributed by atoms with van der Waals surface area (Å²) in [4.78, 5) is 26.4. The minimum Gasteiger partial charge on any atom is -0.362 e. The molecule has 0 spiro atoms. The zero-order chi connectivity index (χ0) is 17.8. The standard InChI is InChI=1S/C20H23N3O2/c1-14-9-10-17(12-15(14)2)20(25)22-21-19(24)13-23-11-5-7-16-6-3-4-8-18(16)23/h3-4,6,8-10,12H,5,7,11,13H2,1-2H3,(H,21,24)(H,22,25). The molecule has 0 radical (unpaired) electrons. The third-order valence-electron chi connectivity index (χ3n) is 4.63. The number of hydrogen-bond donors (Lipinski definition) is 2. The van der Waals surface area contributed by atoms with Crippen molar-refractivity contribution in [1.82, 2.24) is 10.9 Å². The number of rotatable bonds is 3. The highest BCUT2D eigenvalue weighted by Gasteiger charge is 2.18. The highest BCUT2D eigenvalue weighted by molar-refractivity contribution is 5.96. The number of aryl methyl sites for hydroxylation is 3. The molecule has 2 aromatic rings. The molecule has 0 atom stereocenters. The van der Waals surface area contributed by atoms with Crippen molar-refractivity contribution >= 4 is 17.5 Å². The van der Waals surface area contributed by atoms with E-state index in [0.717, 1.165) is 36.2 Å². The predicted octanol–water partition coefficient (Wildman–Crippen LogP) is 2.52. The minimum atomic E-state index is -0.310. The van der Waals surface area contributed by atoms with Gasteiger partial charge in [-0.2, -0.15) is 0 Å². The van der Waals surface area contributed by atoms with E-state index in [4.69, 9.17) is 0 Å². The van der Waals surface area contributed by atoms with Crippen LogP contribution in [0.1, 0.15) is 33.5 Å². The smallest absolute Gasteiger partial charge is 0.269 e. The first-order valence-electron chi connectivity index (χ1n) is 8.54. The zero-order valence-electron chi connectivity index (χ0n) is 14.6. The van der Waals surface area contributed by atoms with Gasteiger partial charge in [0.1, 0.15) is 0 Å². The van der Waals surface area contributed by atoms with E-state index in [1.807, 2.05) is 44.2 Å². The molecule has 25 heavy (non-hydrogen) atoms. The number of amides is 2. The molecule has 5 heteroatoms. The Hall–Kier alpha value is -2.82. The van der Waals surface area contributed by atoms with Crippen molar-refractivity contribution in [3.63, 3.8) is 0 Å². The van der Waals surface area contributed by atoms with E-state index >= 15 is 0 Å². The van der Waals surface area contributed by atoms with Gasteiger partial charge in [0, 0.05) is 17.8 Å². The molecule has 3 rings (SSSR count). The van der Waals surface area contributed by atoms with Crippen molar-refractivity contribution in [2.45, 2.75) is 26.7 Å². The number of hydrazine groups is 1. The Morgan fingerprint density at radius 2 is 1.84 bits per heavy atom. The molecule has 5 nitrogen and oxygen atoms in total. The molecule has 0 unspecified atom stereocenters. The van der Waals surface area contributed by atoms with E-state index in [-0.39, 0.29) is 18.4 Å². The fourth-order valence-electron chi connectivity index (χ4n) is 3.07. The second-order valence-electron chi connectivity index (χ2n) is 6.46. The van der Waals surface area contributed by atoms with Crippen LogP contribution in [0, 0.1) is 13.8 Å². The maximum atomic E-state index is 12.2. The number of anilines is 1. The summed E-state index contributed by atoms with van der Waals surface area (Å²) < 4.78 is 0. The maximum Gasteiger partial charge on any atom is 0.269 e. The molecule has 2 N–H and O–H groups in total. The second-order valence-corrected chi connectivity index (χ2v) is 6.46. The largest absolute Gasteiger partial charge is 0.362 e. The lowest BCUT2D eigenvalue weighted by molar-refractivity contribution is -0.120. The average Bonchev–Trinajstić information content (AvgIpc) is 2.62. The van der Waals surface area contributed by atoms with E-state index in [0.29, 0.717) is 5.56 Å². The molecular formula is C20H23N3O2. The Morgan fingerprint density at radius 1 is 1.04 bits per heavy atom. The number of carbonyl (C=O) groups is 2. The first kappa shape index (κ1) is 17.0. The van der Waals surface area contributed by atoms with Gasteiger partial charge in [-0.15, -0.1) is 0 Å². The Kier molecular flexibility index (Phi) is 5.03. The summed E-state index contributed by atoms with van der Waals surface area (Å²) >= 11 is 0. The van der Waals surface area contributed by atoms with Gasteiger partial charge in [0.15, 0.2) is 0 Å². The number of fused-ring (bicyclic) bond motifs is 1. The molecule has 1 heterocycles. The van der Waals surface area contributed by atoms with Gasteiger partial charge in [0.25, 0.3) is 11.8 Å². The third-order valence-corrected chi connectivity index (χ3v) is 4.63. The Bertz CT molecular complexity index is 801. The molecule has 1 aliphatic heterocycles. The van der Waals surface area contributed by atoms with Crippen molar-refractivity contribution in [2.24, 2.45) is 0 Å². The molecule has 0 saturated carbocycles. The first-order chi connectivity index (χ1) is 12.0. The molecule has 0 aromatic heterocycles. The zero-order valence-corrected chi connectivity index (χ0v) is 14.6. The summed E-state index contributed by atoms with van der Waals surface area (Å²) in [6.07, 6.45) is 2.07. The van der Waals surface area contributed by atoms with E-state index in [1.165, 1.54) is 5.56 Å². The van der Waals surface area contributed by atoms with Gasteiger partial charge in [0.05, 0.1) is 6.54 Å². The Balaban J connectivity index is 1.57. The average molecular weight is 337 g/mol. The van der Waals surface area contributed by atoms with Gasteiger partial charge in [-0.05, 0) is 61.6 Å². The van der Waals surface area contributed by atoms with Crippen LogP contribution in [0.5, 0.6) is 0 Å². The number of nitrogens with zero attached hydrogens (tertiary/aromatic N) is 1. The molecular weight excluding hydrogens is 314 g/mol. The van der Waals surface area contributed by atoms with Gasteiger partial charge in [-0.3, -0.25) is 20.4 Å². The van der Waals surface area contributed by atoms with Crippen molar-refractivity contribution in [2.75, 3.05) is 18.0 Å². The van der Waals surface area contributed by atoms with E-state index in [1.54, 1.807) is 6.07 Å². The van der Waals surface area contributed by atoms with Crippen molar-refractivity contribution in [3.8, 4) is 0 Å². The van der Waals surface area contributed by atoms with Crippen LogP contribution in [-0.4, -0.2) is 24.9 Å². The summed E-state index contributed by atoms with van der Waals surface area (Å²) in [6, 6.07) is 13.6. The lowest BCUT2D eigenvalue weighted by atomic mass is 10.0. The van der Waals surface area contributed by atoms with E-state index in [2.05, 4.69) is 21.8 Å². The van der Waals surface area contributed by atoms with Gasteiger partial charge >= 0.3 is 0 Å². The molecule has 0 fully saturated rings. The summed E-state index contributed by atoms with van der Waals surface area (Å²) in [5, 5.41) is 0. The first-order valence-corrected chi connectivity index (χ1v) is 8.54. The Morgan fingerprint density at radius 3 is 2.64 bits per heavy atom. The molecule has 0 bridgehead atoms. The molecule has 0 aliphatic carbocycles. The third kappa shape index (κ3) is 3.99. The SMILES string of the molecule is Cc1ccc(C(=O)NNC(=O)CN2CCCc3ccccc32)cc1C. The molecule has 2 aromatic carbocycles. The maximum absolute atomic E-state index is 12.2. The molecule has 1 aliphatic rings. The number of nitrogens with one attached hydrogen (secondary N) is 2. The predicted molar refractivity (Wildman–Crippen MR) is 98.5 cm³/mol. The van der Waals surface area contributed by atoms with Crippen LogP contribution >= 0.6 is 0 Å². The number of carbonyl (C=O) groups excluding carboxylic acids is 2. The molecule has 0 saturated heterocycles. The lowest BCUT2D eigenvalue weighted by Crippen LogP contribution is -2.47. The van der Waals surface area contributed by atoms with E-state index < -0.39 is 0 Å². The van der Waals surface area contributed by atoms with Gasteiger partial charge < -0.3 is 4.90 Å². The quantitative estimate of drug-likeness (QED) is 0.846. The molecule has 130 valence electrons. The van der Waals surface area contributed by atoms with Crippen LogP contribution in [0.4, 0.5) is 5.69 Å². The topological polar surface area (TPSA) is 61.4 Å². The number of para-hydroxylation sites is 1. The van der Waals surface area contributed by atoms with Crippen molar-refractivity contribution in [3.05, 3.63) is 64.7 Å². The van der Waals surface area contributed by atoms with Gasteiger partial charge in [-0.25, -0.2) is 0 Å². The van der Waals surface area contributed by atoms with Gasteiger partial charge in [-0.1, -0.05) is 24.3 Å². The fraction of sp³-hybridized carbons (Fsp3) is 0.300. The Labute approximate surface area is 148 Å². The van der Waals surface area contributed by atoms with Crippen LogP contribution in [0.25, 0.3) is 0 Å². The number of hydrogen-bond acceptors (Lipinski definition) is 3. The van der Waals surface area contributed by atoms with Crippen molar-refractivity contribution < 1.29 is 9.59 Å².